The third kappa shape index (κ3) is 1.65. The molecule has 1 aromatic carbocycles. The quantitative estimate of drug-likeness (QED) is 0.488. The van der Waals surface area contributed by atoms with Crippen molar-refractivity contribution < 1.29 is 0 Å². The summed E-state index contributed by atoms with van der Waals surface area (Å²) >= 11 is 1.72. The molecule has 23 heavy (non-hydrogen) atoms. The van der Waals surface area contributed by atoms with Crippen LogP contribution in [0.15, 0.2) is 46.9 Å². The summed E-state index contributed by atoms with van der Waals surface area (Å²) in [5.41, 5.74) is 7.51. The van der Waals surface area contributed by atoms with E-state index in [-0.39, 0.29) is 0 Å². The van der Waals surface area contributed by atoms with Crippen LogP contribution in [0, 0.1) is 6.92 Å². The second kappa shape index (κ2) is 4.43. The second-order valence-corrected chi connectivity index (χ2v) is 6.72. The number of nitrogens with zero attached hydrogens (tertiary/aromatic N) is 3. The molecule has 0 atom stereocenters. The highest BCUT2D eigenvalue weighted by molar-refractivity contribution is 7.12. The van der Waals surface area contributed by atoms with Crippen molar-refractivity contribution >= 4 is 33.6 Å². The maximum absolute atomic E-state index is 5.04. The molecule has 0 saturated carbocycles. The summed E-state index contributed by atoms with van der Waals surface area (Å²) in [7, 11) is 1.99. The Labute approximate surface area is 137 Å². The number of hydrogen-bond donors (Lipinski definition) is 1. The van der Waals surface area contributed by atoms with E-state index in [1.165, 1.54) is 21.4 Å². The van der Waals surface area contributed by atoms with Crippen molar-refractivity contribution in [1.82, 2.24) is 14.8 Å². The minimum atomic E-state index is 0.957. The van der Waals surface area contributed by atoms with E-state index in [4.69, 9.17) is 4.99 Å². The molecule has 112 valence electrons. The molecule has 0 saturated heterocycles. The summed E-state index contributed by atoms with van der Waals surface area (Å²) in [5.74, 6) is 0. The first-order valence-electron chi connectivity index (χ1n) is 7.51. The van der Waals surface area contributed by atoms with Gasteiger partial charge in [-0.2, -0.15) is 5.10 Å². The Morgan fingerprint density at radius 1 is 1.13 bits per heavy atom. The number of aryl methyl sites for hydroxylation is 2. The Kier molecular flexibility index (Phi) is 2.47. The molecular weight excluding hydrogens is 304 g/mol. The second-order valence-electron chi connectivity index (χ2n) is 5.77. The lowest BCUT2D eigenvalue weighted by Crippen LogP contribution is -2.00. The van der Waals surface area contributed by atoms with Gasteiger partial charge in [0, 0.05) is 35.3 Å². The Hall–Kier alpha value is -2.66. The van der Waals surface area contributed by atoms with E-state index in [0.717, 1.165) is 28.3 Å². The largest absolute Gasteiger partial charge is 0.360 e. The zero-order valence-corrected chi connectivity index (χ0v) is 13.6. The highest BCUT2D eigenvalue weighted by Gasteiger charge is 2.25. The van der Waals surface area contributed by atoms with Gasteiger partial charge in [0.2, 0.25) is 0 Å². The van der Waals surface area contributed by atoms with E-state index in [9.17, 15) is 0 Å². The normalized spacial score (nSPS) is 13.0. The molecular formula is C18H14N4S. The van der Waals surface area contributed by atoms with Crippen molar-refractivity contribution in [2.45, 2.75) is 6.92 Å². The molecule has 4 heterocycles. The average molecular weight is 318 g/mol. The van der Waals surface area contributed by atoms with Gasteiger partial charge in [-0.15, -0.1) is 11.3 Å². The fraction of sp³-hybridized carbons (Fsp3) is 0.111. The molecule has 0 radical (unpaired) electrons. The van der Waals surface area contributed by atoms with E-state index >= 15 is 0 Å². The standard InChI is InChI=1S/C18H14N4S/c1-10-16-18(22(2)21-10)12-9-19-13-6-3-5-11(15(12)13)17(20-16)14-7-4-8-23-14/h3-9,19H,1-2H3. The Morgan fingerprint density at radius 3 is 2.87 bits per heavy atom. The highest BCUT2D eigenvalue weighted by atomic mass is 32.1. The number of aromatic nitrogens is 3. The third-order valence-electron chi connectivity index (χ3n) is 4.38. The van der Waals surface area contributed by atoms with Crippen LogP contribution in [0.5, 0.6) is 0 Å². The predicted molar refractivity (Wildman–Crippen MR) is 94.9 cm³/mol. The van der Waals surface area contributed by atoms with Crippen LogP contribution < -0.4 is 0 Å². The number of H-pyrrole nitrogens is 1. The molecule has 0 bridgehead atoms. The predicted octanol–water partition coefficient (Wildman–Crippen LogP) is 4.42. The average Bonchev–Trinajstić information content (AvgIpc) is 3.22. The molecule has 0 spiro atoms. The van der Waals surface area contributed by atoms with Crippen LogP contribution in [0.3, 0.4) is 0 Å². The van der Waals surface area contributed by atoms with Gasteiger partial charge in [0.1, 0.15) is 5.69 Å². The van der Waals surface area contributed by atoms with Crippen molar-refractivity contribution in [3.05, 3.63) is 58.0 Å². The van der Waals surface area contributed by atoms with Crippen molar-refractivity contribution in [3.63, 3.8) is 0 Å². The van der Waals surface area contributed by atoms with Crippen molar-refractivity contribution in [2.75, 3.05) is 0 Å². The molecule has 4 aromatic rings. The molecule has 5 rings (SSSR count). The lowest BCUT2D eigenvalue weighted by Gasteiger charge is -2.05. The Balaban J connectivity index is 2.00. The molecule has 4 nitrogen and oxygen atoms in total. The Bertz CT molecular complexity index is 1080. The highest BCUT2D eigenvalue weighted by Crippen LogP contribution is 2.42. The minimum absolute atomic E-state index is 0.957. The van der Waals surface area contributed by atoms with Gasteiger partial charge >= 0.3 is 0 Å². The number of nitrogens with one attached hydrogen (secondary N) is 1. The van der Waals surface area contributed by atoms with Crippen LogP contribution >= 0.6 is 11.3 Å². The topological polar surface area (TPSA) is 46.0 Å². The number of hydrogen-bond acceptors (Lipinski definition) is 3. The lowest BCUT2D eigenvalue weighted by atomic mass is 10.0. The fourth-order valence-electron chi connectivity index (χ4n) is 3.42. The summed E-state index contributed by atoms with van der Waals surface area (Å²) in [6.07, 6.45) is 2.07. The number of thiophene rings is 1. The minimum Gasteiger partial charge on any atom is -0.360 e. The lowest BCUT2D eigenvalue weighted by molar-refractivity contribution is 0.764. The van der Waals surface area contributed by atoms with Crippen LogP contribution in [0.1, 0.15) is 16.1 Å². The van der Waals surface area contributed by atoms with Gasteiger partial charge in [-0.3, -0.25) is 4.68 Å². The molecule has 1 aliphatic rings. The summed E-state index contributed by atoms with van der Waals surface area (Å²) < 4.78 is 1.94. The number of aliphatic imine (C=N–C) groups is 1. The van der Waals surface area contributed by atoms with Crippen LogP contribution in [-0.4, -0.2) is 20.5 Å². The van der Waals surface area contributed by atoms with Crippen LogP contribution in [0.25, 0.3) is 22.2 Å². The number of aromatic amines is 1. The molecule has 0 fully saturated rings. The first kappa shape index (κ1) is 12.8. The van der Waals surface area contributed by atoms with Gasteiger partial charge in [-0.1, -0.05) is 18.2 Å². The van der Waals surface area contributed by atoms with E-state index < -0.39 is 0 Å². The summed E-state index contributed by atoms with van der Waals surface area (Å²) in [6.45, 7) is 2.02. The number of rotatable bonds is 1. The first-order chi connectivity index (χ1) is 11.2. The Morgan fingerprint density at radius 2 is 2.04 bits per heavy atom. The van der Waals surface area contributed by atoms with E-state index in [1.54, 1.807) is 11.3 Å². The third-order valence-corrected chi connectivity index (χ3v) is 5.26. The number of benzene rings is 1. The molecule has 5 heteroatoms. The van der Waals surface area contributed by atoms with Gasteiger partial charge in [0.25, 0.3) is 0 Å². The van der Waals surface area contributed by atoms with Gasteiger partial charge in [0.15, 0.2) is 0 Å². The van der Waals surface area contributed by atoms with Crippen LogP contribution in [0.4, 0.5) is 5.69 Å². The first-order valence-corrected chi connectivity index (χ1v) is 8.39. The summed E-state index contributed by atoms with van der Waals surface area (Å²) in [6, 6.07) is 10.6. The molecule has 1 N–H and O–H groups in total. The van der Waals surface area contributed by atoms with E-state index in [1.807, 2.05) is 18.7 Å². The van der Waals surface area contributed by atoms with Gasteiger partial charge in [-0.05, 0) is 24.4 Å². The number of fused-ring (bicyclic) bond motifs is 2. The van der Waals surface area contributed by atoms with Crippen molar-refractivity contribution in [3.8, 4) is 11.3 Å². The van der Waals surface area contributed by atoms with Crippen LogP contribution in [0.2, 0.25) is 0 Å². The fourth-order valence-corrected chi connectivity index (χ4v) is 4.15. The monoisotopic (exact) mass is 318 g/mol. The van der Waals surface area contributed by atoms with E-state index in [2.05, 4.69) is 52.0 Å². The smallest absolute Gasteiger partial charge is 0.113 e. The maximum atomic E-state index is 5.04. The summed E-state index contributed by atoms with van der Waals surface area (Å²) in [4.78, 5) is 9.62. The zero-order valence-electron chi connectivity index (χ0n) is 12.8. The zero-order chi connectivity index (χ0) is 15.6. The molecule has 0 aliphatic carbocycles. The van der Waals surface area contributed by atoms with Gasteiger partial charge in [-0.25, -0.2) is 4.99 Å². The van der Waals surface area contributed by atoms with Gasteiger partial charge < -0.3 is 4.98 Å². The summed E-state index contributed by atoms with van der Waals surface area (Å²) in [5, 5.41) is 7.91. The van der Waals surface area contributed by atoms with Gasteiger partial charge in [0.05, 0.1) is 22.0 Å². The van der Waals surface area contributed by atoms with Crippen LogP contribution in [-0.2, 0) is 7.05 Å². The van der Waals surface area contributed by atoms with E-state index in [0.29, 0.717) is 0 Å². The van der Waals surface area contributed by atoms with Crippen molar-refractivity contribution in [2.24, 2.45) is 12.0 Å². The molecule has 0 unspecified atom stereocenters. The SMILES string of the molecule is Cc1nn(C)c2c1N=C(c1cccs1)c1cccc3[nH]cc-2c13. The van der Waals surface area contributed by atoms with Crippen molar-refractivity contribution in [1.29, 1.82) is 0 Å². The maximum Gasteiger partial charge on any atom is 0.113 e. The molecule has 1 aliphatic heterocycles. The molecule has 0 amide bonds. The molecule has 3 aromatic heterocycles.